The van der Waals surface area contributed by atoms with Gasteiger partial charge in [0, 0.05) is 5.69 Å². The lowest BCUT2D eigenvalue weighted by Crippen LogP contribution is -2.15. The molecule has 0 radical (unpaired) electrons. The highest BCUT2D eigenvalue weighted by Gasteiger charge is 2.17. The summed E-state index contributed by atoms with van der Waals surface area (Å²) in [7, 11) is -3.97. The van der Waals surface area contributed by atoms with Crippen molar-refractivity contribution in [2.24, 2.45) is 0 Å². The highest BCUT2D eigenvalue weighted by molar-refractivity contribution is 7.92. The largest absolute Gasteiger partial charge is 0.264 e. The lowest BCUT2D eigenvalue weighted by molar-refractivity contribution is 0.599. The van der Waals surface area contributed by atoms with Crippen molar-refractivity contribution in [2.45, 2.75) is 11.8 Å². The molecule has 0 bridgehead atoms. The maximum absolute atomic E-state index is 13.0. The molecule has 2 rings (SSSR count). The highest BCUT2D eigenvalue weighted by atomic mass is 35.5. The summed E-state index contributed by atoms with van der Waals surface area (Å²) >= 11 is 11.3. The molecule has 106 valence electrons. The Hall–Kier alpha value is -1.44. The van der Waals surface area contributed by atoms with Crippen molar-refractivity contribution in [3.63, 3.8) is 0 Å². The zero-order valence-electron chi connectivity index (χ0n) is 10.1. The van der Waals surface area contributed by atoms with Gasteiger partial charge in [0.1, 0.15) is 11.0 Å². The van der Waals surface area contributed by atoms with Crippen molar-refractivity contribution < 1.29 is 12.8 Å². The van der Waals surface area contributed by atoms with Crippen LogP contribution in [0.15, 0.2) is 29.2 Å². The highest BCUT2D eigenvalue weighted by Crippen LogP contribution is 2.21. The van der Waals surface area contributed by atoms with E-state index in [1.54, 1.807) is 6.92 Å². The number of aromatic nitrogens is 2. The Kier molecular flexibility index (Phi) is 4.12. The Bertz CT molecular complexity index is 748. The second kappa shape index (κ2) is 5.51. The molecule has 1 N–H and O–H groups in total. The number of rotatable bonds is 3. The number of aryl methyl sites for hydroxylation is 1. The van der Waals surface area contributed by atoms with Gasteiger partial charge in [0.25, 0.3) is 10.0 Å². The number of hydrogen-bond donors (Lipinski definition) is 1. The van der Waals surface area contributed by atoms with Crippen LogP contribution >= 0.6 is 23.2 Å². The smallest absolute Gasteiger partial charge is 0.247 e. The molecule has 0 saturated heterocycles. The Labute approximate surface area is 124 Å². The molecule has 1 heterocycles. The van der Waals surface area contributed by atoms with E-state index in [9.17, 15) is 12.8 Å². The molecule has 1 aromatic carbocycles. The van der Waals surface area contributed by atoms with Gasteiger partial charge in [-0.1, -0.05) is 23.2 Å². The van der Waals surface area contributed by atoms with Crippen LogP contribution in [0.5, 0.6) is 0 Å². The molecule has 5 nitrogen and oxygen atoms in total. The predicted molar refractivity (Wildman–Crippen MR) is 74.0 cm³/mol. The molecule has 0 spiro atoms. The van der Waals surface area contributed by atoms with E-state index in [0.717, 1.165) is 18.2 Å². The molecule has 20 heavy (non-hydrogen) atoms. The van der Waals surface area contributed by atoms with Gasteiger partial charge in [-0.15, -0.1) is 0 Å². The molecule has 1 aromatic heterocycles. The summed E-state index contributed by atoms with van der Waals surface area (Å²) in [6.07, 6.45) is 0. The topological polar surface area (TPSA) is 72.0 Å². The summed E-state index contributed by atoms with van der Waals surface area (Å²) in [6, 6.07) is 4.52. The van der Waals surface area contributed by atoms with Gasteiger partial charge in [-0.05, 0) is 31.2 Å². The van der Waals surface area contributed by atoms with E-state index in [-0.39, 0.29) is 21.0 Å². The van der Waals surface area contributed by atoms with Gasteiger partial charge < -0.3 is 0 Å². The number of nitrogens with one attached hydrogen (secondary N) is 1. The number of anilines is 1. The second-order valence-corrected chi connectivity index (χ2v) is 6.31. The lowest BCUT2D eigenvalue weighted by Gasteiger charge is -2.08. The number of benzene rings is 1. The fourth-order valence-electron chi connectivity index (χ4n) is 1.40. The van der Waals surface area contributed by atoms with Crippen molar-refractivity contribution in [1.29, 1.82) is 0 Å². The fraction of sp³-hybridized carbons (Fsp3) is 0.0909. The van der Waals surface area contributed by atoms with E-state index >= 15 is 0 Å². The van der Waals surface area contributed by atoms with Crippen molar-refractivity contribution in [3.05, 3.63) is 46.0 Å². The summed E-state index contributed by atoms with van der Waals surface area (Å²) < 4.78 is 39.3. The van der Waals surface area contributed by atoms with E-state index in [1.165, 1.54) is 6.07 Å². The van der Waals surface area contributed by atoms with Crippen LogP contribution in [-0.2, 0) is 10.0 Å². The normalized spacial score (nSPS) is 11.4. The number of nitrogens with zero attached hydrogens (tertiary/aromatic N) is 2. The first kappa shape index (κ1) is 15.0. The van der Waals surface area contributed by atoms with Gasteiger partial charge in [-0.3, -0.25) is 0 Å². The number of halogens is 3. The van der Waals surface area contributed by atoms with Crippen LogP contribution in [0.25, 0.3) is 0 Å². The summed E-state index contributed by atoms with van der Waals surface area (Å²) in [5.41, 5.74) is 0.500. The van der Waals surface area contributed by atoms with Crippen molar-refractivity contribution >= 4 is 39.2 Å². The third-order valence-corrected chi connectivity index (χ3v) is 4.06. The van der Waals surface area contributed by atoms with Crippen LogP contribution < -0.4 is 4.72 Å². The SMILES string of the molecule is Cc1cc(Cl)nc(NS(=O)(=O)c2ccc(F)c(Cl)c2)n1. The Morgan fingerprint density at radius 1 is 1.20 bits per heavy atom. The van der Waals surface area contributed by atoms with Crippen LogP contribution in [0.3, 0.4) is 0 Å². The predicted octanol–water partition coefficient (Wildman–Crippen LogP) is 3.03. The first-order chi connectivity index (χ1) is 9.28. The van der Waals surface area contributed by atoms with Gasteiger partial charge in [0.05, 0.1) is 9.92 Å². The maximum atomic E-state index is 13.0. The summed E-state index contributed by atoms with van der Waals surface area (Å²) in [5, 5.41) is -0.191. The number of hydrogen-bond acceptors (Lipinski definition) is 4. The Balaban J connectivity index is 2.37. The van der Waals surface area contributed by atoms with Crippen LogP contribution in [0.4, 0.5) is 10.3 Å². The Morgan fingerprint density at radius 3 is 2.50 bits per heavy atom. The van der Waals surface area contributed by atoms with E-state index in [4.69, 9.17) is 23.2 Å². The third-order valence-electron chi connectivity index (χ3n) is 2.25. The molecular weight excluding hydrogens is 328 g/mol. The molecule has 0 unspecified atom stereocenters. The van der Waals surface area contributed by atoms with E-state index in [1.807, 2.05) is 0 Å². The first-order valence-electron chi connectivity index (χ1n) is 5.27. The second-order valence-electron chi connectivity index (χ2n) is 3.84. The fourth-order valence-corrected chi connectivity index (χ4v) is 2.85. The van der Waals surface area contributed by atoms with Crippen LogP contribution in [-0.4, -0.2) is 18.4 Å². The summed E-state index contributed by atoms with van der Waals surface area (Å²) in [4.78, 5) is 7.43. The van der Waals surface area contributed by atoms with E-state index in [0.29, 0.717) is 5.69 Å². The zero-order valence-corrected chi connectivity index (χ0v) is 12.4. The molecule has 9 heteroatoms. The van der Waals surface area contributed by atoms with Gasteiger partial charge in [-0.25, -0.2) is 27.5 Å². The molecule has 0 aliphatic carbocycles. The van der Waals surface area contributed by atoms with Gasteiger partial charge >= 0.3 is 0 Å². The van der Waals surface area contributed by atoms with Gasteiger partial charge in [-0.2, -0.15) is 0 Å². The third kappa shape index (κ3) is 3.36. The van der Waals surface area contributed by atoms with E-state index in [2.05, 4.69) is 14.7 Å². The quantitative estimate of drug-likeness (QED) is 0.875. The van der Waals surface area contributed by atoms with Crippen LogP contribution in [0.2, 0.25) is 10.2 Å². The summed E-state index contributed by atoms with van der Waals surface area (Å²) in [5.74, 6) is -0.879. The molecule has 0 aliphatic heterocycles. The monoisotopic (exact) mass is 335 g/mol. The van der Waals surface area contributed by atoms with E-state index < -0.39 is 15.8 Å². The minimum Gasteiger partial charge on any atom is -0.247 e. The average Bonchev–Trinajstić information content (AvgIpc) is 2.30. The van der Waals surface area contributed by atoms with Crippen molar-refractivity contribution in [2.75, 3.05) is 4.72 Å². The lowest BCUT2D eigenvalue weighted by atomic mass is 10.3. The molecular formula is C11H8Cl2FN3O2S. The molecule has 0 aliphatic rings. The summed E-state index contributed by atoms with van der Waals surface area (Å²) in [6.45, 7) is 1.64. The van der Waals surface area contributed by atoms with Crippen LogP contribution in [0, 0.1) is 12.7 Å². The molecule has 0 fully saturated rings. The minimum atomic E-state index is -3.97. The zero-order chi connectivity index (χ0) is 14.9. The number of sulfonamides is 1. The Morgan fingerprint density at radius 2 is 1.90 bits per heavy atom. The van der Waals surface area contributed by atoms with Gasteiger partial charge in [0.2, 0.25) is 5.95 Å². The standard InChI is InChI=1S/C11H8Cl2FN3O2S/c1-6-4-10(13)16-11(15-6)17-20(18,19)7-2-3-9(14)8(12)5-7/h2-5H,1H3,(H,15,16,17). The molecule has 0 atom stereocenters. The van der Waals surface area contributed by atoms with Crippen molar-refractivity contribution in [1.82, 2.24) is 9.97 Å². The van der Waals surface area contributed by atoms with Crippen LogP contribution in [0.1, 0.15) is 5.69 Å². The van der Waals surface area contributed by atoms with Gasteiger partial charge in [0.15, 0.2) is 0 Å². The average molecular weight is 336 g/mol. The minimum absolute atomic E-state index is 0.104. The first-order valence-corrected chi connectivity index (χ1v) is 7.51. The molecule has 0 amide bonds. The molecule has 0 saturated carbocycles. The molecule has 2 aromatic rings. The van der Waals surface area contributed by atoms with Crippen molar-refractivity contribution in [3.8, 4) is 0 Å². The maximum Gasteiger partial charge on any atom is 0.264 e.